The van der Waals surface area contributed by atoms with Gasteiger partial charge in [0.25, 0.3) is 0 Å². The maximum absolute atomic E-state index is 11.4. The van der Waals surface area contributed by atoms with Crippen molar-refractivity contribution >= 4 is 12.3 Å². The second-order valence-electron chi connectivity index (χ2n) is 8.27. The molecule has 0 heterocycles. The number of aliphatic carboxylic acids is 1. The number of hydrogen-bond donors (Lipinski definition) is 2. The Morgan fingerprint density at radius 3 is 2.37 bits per heavy atom. The van der Waals surface area contributed by atoms with Gasteiger partial charge in [-0.3, -0.25) is 0 Å². The first-order valence-electron chi connectivity index (χ1n) is 11.1. The summed E-state index contributed by atoms with van der Waals surface area (Å²) in [6.45, 7) is 3.93. The van der Waals surface area contributed by atoms with Crippen LogP contribution in [0.4, 0.5) is 0 Å². The van der Waals surface area contributed by atoms with Crippen molar-refractivity contribution in [1.29, 1.82) is 0 Å². The fourth-order valence-corrected chi connectivity index (χ4v) is 4.34. The van der Waals surface area contributed by atoms with E-state index in [-0.39, 0.29) is 12.3 Å². The van der Waals surface area contributed by atoms with Crippen molar-refractivity contribution in [3.63, 3.8) is 0 Å². The Kier molecular flexibility index (Phi) is 11.6. The molecule has 1 aliphatic carbocycles. The number of unbranched alkanes of at least 4 members (excludes halogenated alkanes) is 6. The van der Waals surface area contributed by atoms with Crippen LogP contribution in [0.5, 0.6) is 0 Å². The Morgan fingerprint density at radius 1 is 1.04 bits per heavy atom. The van der Waals surface area contributed by atoms with Crippen molar-refractivity contribution in [3.05, 3.63) is 12.2 Å². The first-order chi connectivity index (χ1) is 13.0. The number of carbonyl (C=O) groups excluding carboxylic acids is 1. The molecule has 0 aliphatic heterocycles. The second-order valence-corrected chi connectivity index (χ2v) is 8.27. The Bertz CT molecular complexity index is 459. The zero-order valence-corrected chi connectivity index (χ0v) is 17.4. The minimum Gasteiger partial charge on any atom is -0.479 e. The molecule has 0 spiro atoms. The molecule has 1 saturated carbocycles. The number of aldehydes is 1. The molecule has 1 fully saturated rings. The van der Waals surface area contributed by atoms with Gasteiger partial charge in [0.15, 0.2) is 5.60 Å². The molecule has 0 radical (unpaired) electrons. The van der Waals surface area contributed by atoms with Crippen LogP contribution in [0.15, 0.2) is 12.2 Å². The van der Waals surface area contributed by atoms with E-state index in [4.69, 9.17) is 5.11 Å². The van der Waals surface area contributed by atoms with Crippen molar-refractivity contribution in [3.8, 4) is 0 Å². The van der Waals surface area contributed by atoms with Gasteiger partial charge >= 0.3 is 5.97 Å². The van der Waals surface area contributed by atoms with E-state index in [1.807, 2.05) is 0 Å². The summed E-state index contributed by atoms with van der Waals surface area (Å²) < 4.78 is 0. The topological polar surface area (TPSA) is 74.6 Å². The number of hydrogen-bond acceptors (Lipinski definition) is 3. The van der Waals surface area contributed by atoms with Gasteiger partial charge in [-0.25, -0.2) is 4.79 Å². The van der Waals surface area contributed by atoms with Crippen LogP contribution in [0.3, 0.4) is 0 Å². The number of carbonyl (C=O) groups is 2. The third-order valence-electron chi connectivity index (χ3n) is 6.33. The number of allylic oxidation sites excluding steroid dienone is 2. The van der Waals surface area contributed by atoms with Gasteiger partial charge in [-0.1, -0.05) is 58.1 Å². The normalized spacial score (nSPS) is 24.9. The summed E-state index contributed by atoms with van der Waals surface area (Å²) in [7, 11) is 0. The highest BCUT2D eigenvalue weighted by atomic mass is 16.4. The zero-order chi connectivity index (χ0) is 20.1. The molecule has 0 aromatic carbocycles. The Labute approximate surface area is 165 Å². The van der Waals surface area contributed by atoms with Crippen LogP contribution >= 0.6 is 0 Å². The van der Waals surface area contributed by atoms with Gasteiger partial charge in [-0.15, -0.1) is 0 Å². The molecule has 0 saturated heterocycles. The van der Waals surface area contributed by atoms with E-state index in [2.05, 4.69) is 19.1 Å². The predicted octanol–water partition coefficient (Wildman–Crippen LogP) is 5.53. The second kappa shape index (κ2) is 13.1. The number of carboxylic acid groups (broad SMARTS) is 1. The highest BCUT2D eigenvalue weighted by Crippen LogP contribution is 2.40. The quantitative estimate of drug-likeness (QED) is 0.222. The summed E-state index contributed by atoms with van der Waals surface area (Å²) in [6, 6.07) is 0. The summed E-state index contributed by atoms with van der Waals surface area (Å²) >= 11 is 0. The van der Waals surface area contributed by atoms with Crippen molar-refractivity contribution in [1.82, 2.24) is 0 Å². The summed E-state index contributed by atoms with van der Waals surface area (Å²) in [5.74, 6) is -0.00539. The lowest BCUT2D eigenvalue weighted by atomic mass is 9.84. The molecule has 0 bridgehead atoms. The fourth-order valence-electron chi connectivity index (χ4n) is 4.34. The number of carboxylic acids is 1. The first-order valence-corrected chi connectivity index (χ1v) is 11.1. The third-order valence-corrected chi connectivity index (χ3v) is 6.33. The molecule has 156 valence electrons. The molecule has 4 nitrogen and oxygen atoms in total. The van der Waals surface area contributed by atoms with E-state index in [0.717, 1.165) is 44.8 Å². The van der Waals surface area contributed by atoms with Crippen LogP contribution < -0.4 is 0 Å². The minimum absolute atomic E-state index is 0.173. The van der Waals surface area contributed by atoms with Gasteiger partial charge in [0.1, 0.15) is 6.29 Å². The average Bonchev–Trinajstić information content (AvgIpc) is 3.05. The Balaban J connectivity index is 2.37. The molecule has 0 amide bonds. The standard InChI is InChI=1S/C23H40O4/c1-3-5-6-7-8-10-13-19-15-16-20(18-24)21(19)14-11-9-12-17-23(27,4-2)22(25)26/h10,13,18-21,27H,3-9,11-12,14-17H2,1-2H3,(H,25,26)/t19-,20-,21+,23?/m0/s1. The highest BCUT2D eigenvalue weighted by Gasteiger charge is 2.34. The van der Waals surface area contributed by atoms with Crippen LogP contribution in [0.1, 0.15) is 97.3 Å². The lowest BCUT2D eigenvalue weighted by molar-refractivity contribution is -0.159. The van der Waals surface area contributed by atoms with Gasteiger partial charge in [0.2, 0.25) is 0 Å². The van der Waals surface area contributed by atoms with Gasteiger partial charge in [-0.05, 0) is 63.2 Å². The van der Waals surface area contributed by atoms with Gasteiger partial charge in [0.05, 0.1) is 0 Å². The molecule has 27 heavy (non-hydrogen) atoms. The lowest BCUT2D eigenvalue weighted by Crippen LogP contribution is -2.37. The Morgan fingerprint density at radius 2 is 1.74 bits per heavy atom. The van der Waals surface area contributed by atoms with Crippen molar-refractivity contribution in [2.24, 2.45) is 17.8 Å². The maximum atomic E-state index is 11.4. The summed E-state index contributed by atoms with van der Waals surface area (Å²) in [6.07, 6.45) is 18.3. The molecular weight excluding hydrogens is 340 g/mol. The van der Waals surface area contributed by atoms with Crippen LogP contribution in [-0.2, 0) is 9.59 Å². The Hall–Kier alpha value is -1.16. The van der Waals surface area contributed by atoms with E-state index in [1.165, 1.54) is 25.7 Å². The SMILES string of the molecule is CCCCCCC=C[C@H]1CC[C@@H](C=O)[C@@H]1CCCCCC(O)(CC)C(=O)O. The molecule has 2 N–H and O–H groups in total. The van der Waals surface area contributed by atoms with E-state index >= 15 is 0 Å². The van der Waals surface area contributed by atoms with E-state index in [9.17, 15) is 14.7 Å². The molecule has 1 rings (SSSR count). The third kappa shape index (κ3) is 8.16. The summed E-state index contributed by atoms with van der Waals surface area (Å²) in [5.41, 5.74) is -1.58. The van der Waals surface area contributed by atoms with Crippen molar-refractivity contribution < 1.29 is 19.8 Å². The van der Waals surface area contributed by atoms with E-state index in [1.54, 1.807) is 6.92 Å². The lowest BCUT2D eigenvalue weighted by Gasteiger charge is -2.22. The summed E-state index contributed by atoms with van der Waals surface area (Å²) in [5, 5.41) is 19.2. The van der Waals surface area contributed by atoms with Crippen molar-refractivity contribution in [2.45, 2.75) is 103 Å². The molecule has 1 aliphatic rings. The fraction of sp³-hybridized carbons (Fsp3) is 0.826. The average molecular weight is 381 g/mol. The predicted molar refractivity (Wildman–Crippen MR) is 110 cm³/mol. The maximum Gasteiger partial charge on any atom is 0.335 e. The van der Waals surface area contributed by atoms with Crippen LogP contribution in [0.2, 0.25) is 0 Å². The number of rotatable bonds is 15. The van der Waals surface area contributed by atoms with E-state index < -0.39 is 11.6 Å². The number of aliphatic hydroxyl groups is 1. The van der Waals surface area contributed by atoms with Gasteiger partial charge < -0.3 is 15.0 Å². The monoisotopic (exact) mass is 380 g/mol. The molecule has 4 heteroatoms. The smallest absolute Gasteiger partial charge is 0.335 e. The van der Waals surface area contributed by atoms with Crippen LogP contribution in [0, 0.1) is 17.8 Å². The van der Waals surface area contributed by atoms with E-state index in [0.29, 0.717) is 24.7 Å². The summed E-state index contributed by atoms with van der Waals surface area (Å²) in [4.78, 5) is 22.6. The molecule has 1 unspecified atom stereocenters. The van der Waals surface area contributed by atoms with Crippen LogP contribution in [0.25, 0.3) is 0 Å². The molecular formula is C23H40O4. The zero-order valence-electron chi connectivity index (χ0n) is 17.4. The largest absolute Gasteiger partial charge is 0.479 e. The molecule has 4 atom stereocenters. The van der Waals surface area contributed by atoms with Gasteiger partial charge in [-0.2, -0.15) is 0 Å². The minimum atomic E-state index is -1.58. The molecule has 0 aromatic rings. The molecule has 0 aromatic heterocycles. The first kappa shape index (κ1) is 23.9. The highest BCUT2D eigenvalue weighted by molar-refractivity contribution is 5.76. The van der Waals surface area contributed by atoms with Crippen LogP contribution in [-0.4, -0.2) is 28.1 Å². The van der Waals surface area contributed by atoms with Gasteiger partial charge in [0, 0.05) is 5.92 Å². The van der Waals surface area contributed by atoms with Crippen molar-refractivity contribution in [2.75, 3.05) is 0 Å².